The summed E-state index contributed by atoms with van der Waals surface area (Å²) in [6.45, 7) is 7.72. The molecule has 5 nitrogen and oxygen atoms in total. The molecule has 2 aromatic heterocycles. The molecule has 4 rings (SSSR count). The first kappa shape index (κ1) is 26.2. The van der Waals surface area contributed by atoms with Crippen molar-refractivity contribution in [3.05, 3.63) is 40.6 Å². The van der Waals surface area contributed by atoms with Gasteiger partial charge in [-0.15, -0.1) is 0 Å². The van der Waals surface area contributed by atoms with Crippen molar-refractivity contribution < 1.29 is 17.9 Å². The maximum absolute atomic E-state index is 14.0. The lowest BCUT2D eigenvalue weighted by Gasteiger charge is -2.23. The number of nitrogens with zero attached hydrogens (tertiary/aromatic N) is 3. The molecule has 0 bridgehead atoms. The van der Waals surface area contributed by atoms with Gasteiger partial charge in [0.15, 0.2) is 0 Å². The predicted molar refractivity (Wildman–Crippen MR) is 140 cm³/mol. The fourth-order valence-corrected chi connectivity index (χ4v) is 5.50. The lowest BCUT2D eigenvalue weighted by Crippen LogP contribution is -2.24. The summed E-state index contributed by atoms with van der Waals surface area (Å²) in [6.07, 6.45) is 3.39. The highest BCUT2D eigenvalue weighted by Gasteiger charge is 2.36. The Morgan fingerprint density at radius 2 is 1.91 bits per heavy atom. The van der Waals surface area contributed by atoms with Crippen LogP contribution in [0.4, 0.5) is 19.1 Å². The number of fused-ring (bicyclic) bond motifs is 1. The number of hydrogen-bond donors (Lipinski definition) is 1. The SMILES string of the molecule is C[Si](C)(C)CCOCn1cc(-c2nc(NC3CCCCC3)ncc2C(F)(F)F)c2ccc(Br)cc21. The average Bonchev–Trinajstić information content (AvgIpc) is 3.13. The number of anilines is 1. The molecule has 1 aliphatic rings. The van der Waals surface area contributed by atoms with Crippen LogP contribution in [-0.2, 0) is 17.6 Å². The number of benzene rings is 1. The molecule has 0 saturated heterocycles. The fourth-order valence-electron chi connectivity index (χ4n) is 4.40. The third kappa shape index (κ3) is 6.65. The molecule has 0 spiro atoms. The van der Waals surface area contributed by atoms with Gasteiger partial charge < -0.3 is 14.6 Å². The third-order valence-corrected chi connectivity index (χ3v) is 8.56. The van der Waals surface area contributed by atoms with Crippen LogP contribution < -0.4 is 5.32 Å². The van der Waals surface area contributed by atoms with Crippen molar-refractivity contribution in [2.24, 2.45) is 0 Å². The summed E-state index contributed by atoms with van der Waals surface area (Å²) in [4.78, 5) is 8.45. The Labute approximate surface area is 213 Å². The molecule has 2 heterocycles. The van der Waals surface area contributed by atoms with Crippen molar-refractivity contribution in [3.63, 3.8) is 0 Å². The normalized spacial score (nSPS) is 15.6. The summed E-state index contributed by atoms with van der Waals surface area (Å²) in [5.74, 6) is 0.240. The highest BCUT2D eigenvalue weighted by atomic mass is 79.9. The molecule has 0 unspecified atom stereocenters. The van der Waals surface area contributed by atoms with Crippen molar-refractivity contribution >= 4 is 40.9 Å². The first-order valence-electron chi connectivity index (χ1n) is 12.1. The Bertz CT molecular complexity index is 1170. The molecular weight excluding hydrogens is 537 g/mol. The van der Waals surface area contributed by atoms with Gasteiger partial charge in [-0.05, 0) is 31.0 Å². The van der Waals surface area contributed by atoms with Crippen LogP contribution in [0.3, 0.4) is 0 Å². The Hall–Kier alpha value is -1.91. The number of rotatable bonds is 8. The largest absolute Gasteiger partial charge is 0.419 e. The monoisotopic (exact) mass is 568 g/mol. The van der Waals surface area contributed by atoms with Gasteiger partial charge in [0, 0.05) is 48.5 Å². The summed E-state index contributed by atoms with van der Waals surface area (Å²) in [5, 5.41) is 3.95. The molecular formula is C25H32BrF3N4OSi. The van der Waals surface area contributed by atoms with Crippen LogP contribution in [0.2, 0.25) is 25.7 Å². The number of halogens is 4. The quantitative estimate of drug-likeness (QED) is 0.221. The van der Waals surface area contributed by atoms with E-state index in [0.717, 1.165) is 47.9 Å². The lowest BCUT2D eigenvalue weighted by molar-refractivity contribution is -0.137. The molecule has 3 aromatic rings. The topological polar surface area (TPSA) is 52.0 Å². The zero-order valence-corrected chi connectivity index (χ0v) is 23.0. The van der Waals surface area contributed by atoms with Gasteiger partial charge >= 0.3 is 6.18 Å². The van der Waals surface area contributed by atoms with Gasteiger partial charge in [0.2, 0.25) is 5.95 Å². The van der Waals surface area contributed by atoms with Crippen molar-refractivity contribution in [1.82, 2.24) is 14.5 Å². The van der Waals surface area contributed by atoms with Crippen molar-refractivity contribution in [1.29, 1.82) is 0 Å². The second kappa shape index (κ2) is 10.6. The maximum Gasteiger partial charge on any atom is 0.419 e. The van der Waals surface area contributed by atoms with Gasteiger partial charge in [-0.1, -0.05) is 60.9 Å². The molecule has 0 radical (unpaired) electrons. The maximum atomic E-state index is 14.0. The van der Waals surface area contributed by atoms with E-state index in [-0.39, 0.29) is 24.4 Å². The molecule has 1 fully saturated rings. The van der Waals surface area contributed by atoms with Gasteiger partial charge in [-0.2, -0.15) is 13.2 Å². The van der Waals surface area contributed by atoms with E-state index >= 15 is 0 Å². The molecule has 1 N–H and O–H groups in total. The van der Waals surface area contributed by atoms with Gasteiger partial charge in [-0.3, -0.25) is 0 Å². The number of aromatic nitrogens is 3. The van der Waals surface area contributed by atoms with E-state index in [1.807, 2.05) is 22.8 Å². The molecule has 190 valence electrons. The minimum absolute atomic E-state index is 0.112. The van der Waals surface area contributed by atoms with E-state index in [9.17, 15) is 13.2 Å². The minimum atomic E-state index is -4.57. The highest BCUT2D eigenvalue weighted by Crippen LogP contribution is 2.40. The van der Waals surface area contributed by atoms with Gasteiger partial charge in [-0.25, -0.2) is 9.97 Å². The van der Waals surface area contributed by atoms with Crippen LogP contribution >= 0.6 is 15.9 Å². The standard InChI is InChI=1S/C25H32BrF3N4OSi/c1-35(2,3)12-11-34-16-33-15-20(19-10-9-17(26)13-22(19)33)23-21(25(27,28)29)14-30-24(32-23)31-18-7-5-4-6-8-18/h9-10,13-15,18H,4-8,11-12,16H2,1-3H3,(H,30,31,32). The van der Waals surface area contributed by atoms with Crippen LogP contribution in [0.15, 0.2) is 35.1 Å². The van der Waals surface area contributed by atoms with E-state index in [4.69, 9.17) is 4.74 Å². The minimum Gasteiger partial charge on any atom is -0.361 e. The van der Waals surface area contributed by atoms with Gasteiger partial charge in [0.25, 0.3) is 0 Å². The van der Waals surface area contributed by atoms with Crippen molar-refractivity contribution in [2.45, 2.75) is 76.7 Å². The van der Waals surface area contributed by atoms with Crippen LogP contribution in [0.25, 0.3) is 22.2 Å². The average molecular weight is 570 g/mol. The van der Waals surface area contributed by atoms with Crippen LogP contribution in [0.1, 0.15) is 37.7 Å². The Morgan fingerprint density at radius 3 is 2.60 bits per heavy atom. The van der Waals surface area contributed by atoms with E-state index in [0.29, 0.717) is 17.6 Å². The third-order valence-electron chi connectivity index (χ3n) is 6.36. The van der Waals surface area contributed by atoms with Gasteiger partial charge in [0.05, 0.1) is 11.2 Å². The number of ether oxygens (including phenoxy) is 1. The first-order valence-corrected chi connectivity index (χ1v) is 16.6. The summed E-state index contributed by atoms with van der Waals surface area (Å²) in [5.41, 5.74) is 0.255. The van der Waals surface area contributed by atoms with Crippen molar-refractivity contribution in [3.8, 4) is 11.3 Å². The second-order valence-electron chi connectivity index (χ2n) is 10.5. The van der Waals surface area contributed by atoms with E-state index in [1.165, 1.54) is 6.42 Å². The molecule has 1 aromatic carbocycles. The summed E-state index contributed by atoms with van der Waals surface area (Å²) >= 11 is 3.49. The van der Waals surface area contributed by atoms with Crippen LogP contribution in [0, 0.1) is 0 Å². The Balaban J connectivity index is 1.72. The molecule has 10 heteroatoms. The molecule has 1 saturated carbocycles. The van der Waals surface area contributed by atoms with Crippen molar-refractivity contribution in [2.75, 3.05) is 11.9 Å². The molecule has 35 heavy (non-hydrogen) atoms. The molecule has 0 amide bonds. The lowest BCUT2D eigenvalue weighted by atomic mass is 9.96. The second-order valence-corrected chi connectivity index (χ2v) is 17.0. The van der Waals surface area contributed by atoms with Crippen LogP contribution in [0.5, 0.6) is 0 Å². The zero-order chi connectivity index (χ0) is 25.2. The molecule has 0 atom stereocenters. The molecule has 1 aliphatic carbocycles. The van der Waals surface area contributed by atoms with Gasteiger partial charge in [0.1, 0.15) is 12.3 Å². The summed E-state index contributed by atoms with van der Waals surface area (Å²) < 4.78 is 50.7. The highest BCUT2D eigenvalue weighted by molar-refractivity contribution is 9.10. The van der Waals surface area contributed by atoms with Crippen LogP contribution in [-0.4, -0.2) is 35.3 Å². The summed E-state index contributed by atoms with van der Waals surface area (Å²) in [6, 6.07) is 6.76. The number of alkyl halides is 3. The summed E-state index contributed by atoms with van der Waals surface area (Å²) in [7, 11) is -1.25. The Kier molecular flexibility index (Phi) is 7.92. The number of hydrogen-bond acceptors (Lipinski definition) is 4. The van der Waals surface area contributed by atoms with E-state index < -0.39 is 19.8 Å². The Morgan fingerprint density at radius 1 is 1.17 bits per heavy atom. The predicted octanol–water partition coefficient (Wildman–Crippen LogP) is 7.94. The van der Waals surface area contributed by atoms with E-state index in [1.54, 1.807) is 6.20 Å². The smallest absolute Gasteiger partial charge is 0.361 e. The van der Waals surface area contributed by atoms with E-state index in [2.05, 4.69) is 50.9 Å². The number of nitrogens with one attached hydrogen (secondary N) is 1. The zero-order valence-electron chi connectivity index (χ0n) is 20.4. The molecule has 0 aliphatic heterocycles. The fraction of sp³-hybridized carbons (Fsp3) is 0.520. The first-order chi connectivity index (χ1) is 16.5.